The molecule has 0 saturated carbocycles. The number of rotatable bonds is 11. The number of piperidine rings is 1. The van der Waals surface area contributed by atoms with Gasteiger partial charge < -0.3 is 9.64 Å². The fourth-order valence-corrected chi connectivity index (χ4v) is 5.73. The molecule has 0 spiro atoms. The number of para-hydroxylation sites is 2. The Bertz CT molecular complexity index is 1330. The molecule has 1 fully saturated rings. The molecule has 0 radical (unpaired) electrons. The molecule has 2 aromatic rings. The van der Waals surface area contributed by atoms with Gasteiger partial charge in [-0.3, -0.25) is 4.72 Å². The van der Waals surface area contributed by atoms with Crippen LogP contribution in [0.1, 0.15) is 25.3 Å². The maximum atomic E-state index is 12.8. The summed E-state index contributed by atoms with van der Waals surface area (Å²) in [6, 6.07) is 17.3. The Labute approximate surface area is 221 Å². The SMILES string of the molecule is C\C=C/C(=C\C=C\S(=O)(=O)Nc1ccccc1N1CCC(OCc2ccccc2)CC1)S(=O)(=O)N(C)C. The minimum Gasteiger partial charge on any atom is -0.373 e. The number of sulfonamides is 2. The molecule has 1 aliphatic rings. The number of benzene rings is 2. The van der Waals surface area contributed by atoms with Crippen LogP contribution in [0.3, 0.4) is 0 Å². The van der Waals surface area contributed by atoms with E-state index in [-0.39, 0.29) is 11.0 Å². The first-order chi connectivity index (χ1) is 17.6. The number of hydrogen-bond acceptors (Lipinski definition) is 6. The first kappa shape index (κ1) is 28.6. The van der Waals surface area contributed by atoms with Crippen molar-refractivity contribution in [3.8, 4) is 0 Å². The van der Waals surface area contributed by atoms with E-state index in [9.17, 15) is 16.8 Å². The lowest BCUT2D eigenvalue weighted by atomic mass is 10.1. The van der Waals surface area contributed by atoms with Crippen LogP contribution in [0.15, 0.2) is 89.2 Å². The van der Waals surface area contributed by atoms with Crippen molar-refractivity contribution in [2.24, 2.45) is 0 Å². The van der Waals surface area contributed by atoms with E-state index in [1.54, 1.807) is 25.1 Å². The van der Waals surface area contributed by atoms with Gasteiger partial charge in [-0.1, -0.05) is 48.5 Å². The van der Waals surface area contributed by atoms with Crippen molar-refractivity contribution >= 4 is 31.4 Å². The van der Waals surface area contributed by atoms with Gasteiger partial charge in [0.15, 0.2) is 0 Å². The molecule has 0 bridgehead atoms. The summed E-state index contributed by atoms with van der Waals surface area (Å²) in [6.07, 6.45) is 7.32. The first-order valence-electron chi connectivity index (χ1n) is 12.1. The van der Waals surface area contributed by atoms with Gasteiger partial charge in [0.2, 0.25) is 10.0 Å². The smallest absolute Gasteiger partial charge is 0.255 e. The molecule has 0 unspecified atom stereocenters. The maximum absolute atomic E-state index is 12.8. The molecule has 1 heterocycles. The molecule has 0 aliphatic carbocycles. The summed E-state index contributed by atoms with van der Waals surface area (Å²) in [5.41, 5.74) is 2.40. The molecule has 3 rings (SSSR count). The summed E-state index contributed by atoms with van der Waals surface area (Å²) in [5.74, 6) is 0. The monoisotopic (exact) mass is 545 g/mol. The van der Waals surface area contributed by atoms with Gasteiger partial charge in [-0.2, -0.15) is 0 Å². The largest absolute Gasteiger partial charge is 0.373 e. The number of allylic oxidation sites excluding steroid dienone is 4. The Morgan fingerprint density at radius 3 is 2.32 bits per heavy atom. The van der Waals surface area contributed by atoms with E-state index in [1.165, 1.54) is 32.3 Å². The van der Waals surface area contributed by atoms with Crippen LogP contribution in [-0.4, -0.2) is 54.4 Å². The van der Waals surface area contributed by atoms with Gasteiger partial charge in [-0.25, -0.2) is 21.1 Å². The van der Waals surface area contributed by atoms with Crippen LogP contribution >= 0.6 is 0 Å². The topological polar surface area (TPSA) is 96.0 Å². The summed E-state index contributed by atoms with van der Waals surface area (Å²) >= 11 is 0. The number of ether oxygens (including phenoxy) is 1. The molecule has 0 amide bonds. The number of nitrogens with one attached hydrogen (secondary N) is 1. The van der Waals surface area contributed by atoms with Crippen molar-refractivity contribution in [3.05, 3.63) is 94.8 Å². The molecule has 0 aromatic heterocycles. The zero-order chi connectivity index (χ0) is 26.9. The van der Waals surface area contributed by atoms with Gasteiger partial charge >= 0.3 is 0 Å². The zero-order valence-corrected chi connectivity index (χ0v) is 23.1. The van der Waals surface area contributed by atoms with Crippen LogP contribution in [0.4, 0.5) is 11.4 Å². The van der Waals surface area contributed by atoms with Crippen LogP contribution in [0.25, 0.3) is 0 Å². The van der Waals surface area contributed by atoms with Crippen LogP contribution < -0.4 is 9.62 Å². The van der Waals surface area contributed by atoms with Crippen LogP contribution in [0, 0.1) is 0 Å². The first-order valence-corrected chi connectivity index (χ1v) is 15.1. The van der Waals surface area contributed by atoms with Gasteiger partial charge in [0.25, 0.3) is 10.0 Å². The highest BCUT2D eigenvalue weighted by atomic mass is 32.2. The van der Waals surface area contributed by atoms with Crippen molar-refractivity contribution in [2.45, 2.75) is 32.5 Å². The normalized spacial score (nSPS) is 16.2. The summed E-state index contributed by atoms with van der Waals surface area (Å²) < 4.78 is 60.2. The van der Waals surface area contributed by atoms with Gasteiger partial charge in [-0.05, 0) is 55.7 Å². The molecule has 1 saturated heterocycles. The molecule has 1 aliphatic heterocycles. The third-order valence-corrected chi connectivity index (χ3v) is 8.74. The Morgan fingerprint density at radius 2 is 1.68 bits per heavy atom. The molecule has 2 aromatic carbocycles. The third-order valence-electron chi connectivity index (χ3n) is 5.90. The summed E-state index contributed by atoms with van der Waals surface area (Å²) in [4.78, 5) is 2.14. The van der Waals surface area contributed by atoms with Gasteiger partial charge in [-0.15, -0.1) is 0 Å². The second kappa shape index (κ2) is 13.0. The van der Waals surface area contributed by atoms with E-state index in [0.29, 0.717) is 12.3 Å². The average Bonchev–Trinajstić information content (AvgIpc) is 2.88. The second-order valence-electron chi connectivity index (χ2n) is 8.83. The van der Waals surface area contributed by atoms with Crippen molar-refractivity contribution in [1.29, 1.82) is 0 Å². The molecule has 10 heteroatoms. The molecular weight excluding hydrogens is 510 g/mol. The minimum atomic E-state index is -3.88. The number of hydrogen-bond donors (Lipinski definition) is 1. The van der Waals surface area contributed by atoms with Gasteiger partial charge in [0.05, 0.1) is 34.4 Å². The molecule has 37 heavy (non-hydrogen) atoms. The minimum absolute atomic E-state index is 0.01000. The Kier molecular flexibility index (Phi) is 10.1. The quantitative estimate of drug-likeness (QED) is 0.419. The van der Waals surface area contributed by atoms with E-state index in [1.807, 2.05) is 42.5 Å². The lowest BCUT2D eigenvalue weighted by Gasteiger charge is -2.34. The van der Waals surface area contributed by atoms with Crippen LogP contribution in [0.2, 0.25) is 0 Å². The van der Waals surface area contributed by atoms with E-state index in [0.717, 1.165) is 46.9 Å². The summed E-state index contributed by atoms with van der Waals surface area (Å²) in [5, 5.41) is 0.960. The molecule has 8 nitrogen and oxygen atoms in total. The fraction of sp³-hybridized carbons (Fsp3) is 0.333. The van der Waals surface area contributed by atoms with Crippen molar-refractivity contribution in [3.63, 3.8) is 0 Å². The van der Waals surface area contributed by atoms with Crippen molar-refractivity contribution < 1.29 is 21.6 Å². The highest BCUT2D eigenvalue weighted by Gasteiger charge is 2.22. The number of anilines is 2. The van der Waals surface area contributed by atoms with E-state index in [2.05, 4.69) is 9.62 Å². The van der Waals surface area contributed by atoms with E-state index in [4.69, 9.17) is 4.74 Å². The summed E-state index contributed by atoms with van der Waals surface area (Å²) in [7, 11) is -4.74. The Balaban J connectivity index is 1.66. The number of nitrogens with zero attached hydrogens (tertiary/aromatic N) is 2. The highest BCUT2D eigenvalue weighted by Crippen LogP contribution is 2.30. The predicted molar refractivity (Wildman–Crippen MR) is 150 cm³/mol. The molecular formula is C27H35N3O5S2. The van der Waals surface area contributed by atoms with Crippen LogP contribution in [0.5, 0.6) is 0 Å². The average molecular weight is 546 g/mol. The van der Waals surface area contributed by atoms with Crippen LogP contribution in [-0.2, 0) is 31.4 Å². The lowest BCUT2D eigenvalue weighted by molar-refractivity contribution is 0.0251. The van der Waals surface area contributed by atoms with E-state index >= 15 is 0 Å². The fourth-order valence-electron chi connectivity index (χ4n) is 3.91. The molecule has 0 atom stereocenters. The summed E-state index contributed by atoms with van der Waals surface area (Å²) in [6.45, 7) is 3.75. The lowest BCUT2D eigenvalue weighted by Crippen LogP contribution is -2.37. The van der Waals surface area contributed by atoms with Crippen molar-refractivity contribution in [2.75, 3.05) is 36.8 Å². The Morgan fingerprint density at radius 1 is 1.03 bits per heavy atom. The van der Waals surface area contributed by atoms with Crippen molar-refractivity contribution in [1.82, 2.24) is 4.31 Å². The molecule has 1 N–H and O–H groups in total. The van der Waals surface area contributed by atoms with E-state index < -0.39 is 20.0 Å². The standard InChI is InChI=1S/C27H35N3O5S2/c1-4-11-25(37(33,34)29(2)3)14-10-21-36(31,32)28-26-15-8-9-16-27(26)30-19-17-24(18-20-30)35-22-23-12-6-5-7-13-23/h4-16,21,24,28H,17-20,22H2,1-3H3/b11-4-,21-10+,25-14+. The maximum Gasteiger partial charge on any atom is 0.255 e. The second-order valence-corrected chi connectivity index (χ2v) is 12.6. The van der Waals surface area contributed by atoms with Gasteiger partial charge in [0, 0.05) is 27.2 Å². The highest BCUT2D eigenvalue weighted by molar-refractivity contribution is 7.95. The predicted octanol–water partition coefficient (Wildman–Crippen LogP) is 4.48. The molecule has 200 valence electrons. The zero-order valence-electron chi connectivity index (χ0n) is 21.4. The third kappa shape index (κ3) is 8.29. The van der Waals surface area contributed by atoms with Gasteiger partial charge in [0.1, 0.15) is 0 Å². The Hall–Kier alpha value is -2.92.